The van der Waals surface area contributed by atoms with Crippen LogP contribution in [0.5, 0.6) is 5.75 Å². The third-order valence-corrected chi connectivity index (χ3v) is 2.27. The average molecular weight is 207 g/mol. The minimum absolute atomic E-state index is 0.183. The third-order valence-electron chi connectivity index (χ3n) is 2.27. The van der Waals surface area contributed by atoms with Gasteiger partial charge < -0.3 is 14.8 Å². The van der Waals surface area contributed by atoms with Gasteiger partial charge in [-0.3, -0.25) is 0 Å². The number of alkyl carbamates (subject to hydrolysis) is 1. The highest BCUT2D eigenvalue weighted by Gasteiger charge is 2.22. The zero-order chi connectivity index (χ0) is 10.7. The molecule has 1 N–H and O–H groups in total. The van der Waals surface area contributed by atoms with Gasteiger partial charge in [0.2, 0.25) is 0 Å². The molecule has 1 amide bonds. The summed E-state index contributed by atoms with van der Waals surface area (Å²) >= 11 is 0. The number of ether oxygens (including phenoxy) is 2. The second kappa shape index (κ2) is 4.21. The number of cyclic esters (lactones) is 1. The van der Waals surface area contributed by atoms with Crippen molar-refractivity contribution in [2.24, 2.45) is 0 Å². The largest absolute Gasteiger partial charge is 0.489 e. The lowest BCUT2D eigenvalue weighted by atomic mass is 10.2. The van der Waals surface area contributed by atoms with Gasteiger partial charge in [0.05, 0.1) is 6.54 Å². The summed E-state index contributed by atoms with van der Waals surface area (Å²) in [4.78, 5) is 10.7. The van der Waals surface area contributed by atoms with Crippen LogP contribution in [-0.2, 0) is 4.74 Å². The van der Waals surface area contributed by atoms with Gasteiger partial charge in [-0.25, -0.2) is 4.79 Å². The number of nitrogens with one attached hydrogen (secondary N) is 1. The fourth-order valence-corrected chi connectivity index (χ4v) is 1.43. The van der Waals surface area contributed by atoms with E-state index in [0.29, 0.717) is 13.2 Å². The van der Waals surface area contributed by atoms with E-state index in [0.717, 1.165) is 11.3 Å². The Balaban J connectivity index is 1.88. The summed E-state index contributed by atoms with van der Waals surface area (Å²) in [6, 6.07) is 7.76. The van der Waals surface area contributed by atoms with Gasteiger partial charge >= 0.3 is 6.09 Å². The van der Waals surface area contributed by atoms with Crippen molar-refractivity contribution in [3.05, 3.63) is 29.8 Å². The molecule has 1 aliphatic rings. The van der Waals surface area contributed by atoms with E-state index in [1.165, 1.54) is 0 Å². The van der Waals surface area contributed by atoms with Gasteiger partial charge in [0.15, 0.2) is 6.10 Å². The average Bonchev–Trinajstić information content (AvgIpc) is 2.63. The number of aryl methyl sites for hydroxylation is 1. The van der Waals surface area contributed by atoms with Crippen molar-refractivity contribution in [3.8, 4) is 5.75 Å². The lowest BCUT2D eigenvalue weighted by molar-refractivity contribution is 0.104. The zero-order valence-electron chi connectivity index (χ0n) is 8.53. The van der Waals surface area contributed by atoms with Gasteiger partial charge in [-0.05, 0) is 18.6 Å². The highest BCUT2D eigenvalue weighted by molar-refractivity contribution is 5.69. The maximum Gasteiger partial charge on any atom is 0.407 e. The molecule has 15 heavy (non-hydrogen) atoms. The number of benzene rings is 1. The van der Waals surface area contributed by atoms with Crippen LogP contribution >= 0.6 is 0 Å². The Bertz CT molecular complexity index is 365. The molecule has 1 fully saturated rings. The molecule has 4 heteroatoms. The first-order valence-electron chi connectivity index (χ1n) is 4.88. The van der Waals surface area contributed by atoms with Crippen LogP contribution in [0.15, 0.2) is 24.3 Å². The minimum Gasteiger partial charge on any atom is -0.489 e. The Hall–Kier alpha value is -1.71. The number of hydrogen-bond donors (Lipinski definition) is 1. The van der Waals surface area contributed by atoms with Crippen LogP contribution in [0, 0.1) is 6.92 Å². The third kappa shape index (κ3) is 2.40. The van der Waals surface area contributed by atoms with Crippen molar-refractivity contribution in [3.63, 3.8) is 0 Å². The van der Waals surface area contributed by atoms with Crippen LogP contribution in [-0.4, -0.2) is 25.3 Å². The maximum atomic E-state index is 10.7. The summed E-state index contributed by atoms with van der Waals surface area (Å²) in [6.45, 7) is 2.89. The molecule has 1 aliphatic heterocycles. The standard InChI is InChI=1S/C11H13NO3/c1-8-4-2-3-5-10(8)14-7-9-6-12-11(13)15-9/h2-5,9H,6-7H2,1H3,(H,12,13). The van der Waals surface area contributed by atoms with E-state index in [2.05, 4.69) is 5.32 Å². The molecule has 1 aromatic rings. The molecule has 80 valence electrons. The van der Waals surface area contributed by atoms with E-state index in [4.69, 9.17) is 9.47 Å². The van der Waals surface area contributed by atoms with Crippen molar-refractivity contribution in [2.75, 3.05) is 13.2 Å². The van der Waals surface area contributed by atoms with Gasteiger partial charge in [0.25, 0.3) is 0 Å². The predicted octanol–water partition coefficient (Wildman–Crippen LogP) is 1.48. The van der Waals surface area contributed by atoms with Crippen molar-refractivity contribution in [1.29, 1.82) is 0 Å². The first-order chi connectivity index (χ1) is 7.25. The van der Waals surface area contributed by atoms with Crippen LogP contribution < -0.4 is 10.1 Å². The number of hydrogen-bond acceptors (Lipinski definition) is 3. The molecule has 1 saturated heterocycles. The topological polar surface area (TPSA) is 47.6 Å². The fraction of sp³-hybridized carbons (Fsp3) is 0.364. The SMILES string of the molecule is Cc1ccccc1OCC1CNC(=O)O1. The first-order valence-corrected chi connectivity index (χ1v) is 4.88. The lowest BCUT2D eigenvalue weighted by Gasteiger charge is -2.11. The van der Waals surface area contributed by atoms with Gasteiger partial charge in [0.1, 0.15) is 12.4 Å². The second-order valence-electron chi connectivity index (χ2n) is 3.48. The Morgan fingerprint density at radius 2 is 2.33 bits per heavy atom. The van der Waals surface area contributed by atoms with E-state index in [1.54, 1.807) is 0 Å². The highest BCUT2D eigenvalue weighted by atomic mass is 16.6. The van der Waals surface area contributed by atoms with Crippen molar-refractivity contribution in [2.45, 2.75) is 13.0 Å². The minimum atomic E-state index is -0.367. The van der Waals surface area contributed by atoms with Gasteiger partial charge in [-0.15, -0.1) is 0 Å². The molecule has 0 aromatic heterocycles. The van der Waals surface area contributed by atoms with Gasteiger partial charge in [-0.2, -0.15) is 0 Å². The Morgan fingerprint density at radius 3 is 3.00 bits per heavy atom. The normalized spacial score (nSPS) is 19.5. The molecule has 0 saturated carbocycles. The van der Waals surface area contributed by atoms with Crippen LogP contribution in [0.4, 0.5) is 4.79 Å². The van der Waals surface area contributed by atoms with Crippen molar-refractivity contribution in [1.82, 2.24) is 5.32 Å². The molecule has 0 bridgehead atoms. The lowest BCUT2D eigenvalue weighted by Crippen LogP contribution is -2.22. The van der Waals surface area contributed by atoms with E-state index < -0.39 is 0 Å². The maximum absolute atomic E-state index is 10.7. The van der Waals surface area contributed by atoms with Crippen LogP contribution in [0.2, 0.25) is 0 Å². The van der Waals surface area contributed by atoms with Gasteiger partial charge in [0, 0.05) is 0 Å². The monoisotopic (exact) mass is 207 g/mol. The first kappa shape index (κ1) is 9.83. The molecule has 0 aliphatic carbocycles. The number of para-hydroxylation sites is 1. The van der Waals surface area contributed by atoms with Crippen LogP contribution in [0.25, 0.3) is 0 Å². The van der Waals surface area contributed by atoms with Crippen molar-refractivity contribution < 1.29 is 14.3 Å². The van der Waals surface area contributed by atoms with E-state index in [9.17, 15) is 4.79 Å². The molecular formula is C11H13NO3. The number of amides is 1. The zero-order valence-corrected chi connectivity index (χ0v) is 8.53. The smallest absolute Gasteiger partial charge is 0.407 e. The molecule has 0 radical (unpaired) electrons. The Morgan fingerprint density at radius 1 is 1.53 bits per heavy atom. The molecular weight excluding hydrogens is 194 g/mol. The summed E-state index contributed by atoms with van der Waals surface area (Å²) in [7, 11) is 0. The van der Waals surface area contributed by atoms with E-state index in [-0.39, 0.29) is 12.2 Å². The number of carbonyl (C=O) groups is 1. The summed E-state index contributed by atoms with van der Waals surface area (Å²) in [5.41, 5.74) is 1.08. The molecule has 1 aromatic carbocycles. The number of carbonyl (C=O) groups excluding carboxylic acids is 1. The molecule has 2 rings (SSSR count). The molecule has 1 heterocycles. The quantitative estimate of drug-likeness (QED) is 0.816. The fourth-order valence-electron chi connectivity index (χ4n) is 1.43. The second-order valence-corrected chi connectivity index (χ2v) is 3.48. The Kier molecular flexibility index (Phi) is 2.76. The summed E-state index contributed by atoms with van der Waals surface area (Å²) < 4.78 is 10.5. The molecule has 1 unspecified atom stereocenters. The molecule has 1 atom stereocenters. The van der Waals surface area contributed by atoms with Crippen LogP contribution in [0.3, 0.4) is 0 Å². The summed E-state index contributed by atoms with van der Waals surface area (Å²) in [5, 5.41) is 2.58. The highest BCUT2D eigenvalue weighted by Crippen LogP contribution is 2.16. The van der Waals surface area contributed by atoms with E-state index >= 15 is 0 Å². The number of rotatable bonds is 3. The molecule has 4 nitrogen and oxygen atoms in total. The Labute approximate surface area is 88.2 Å². The summed E-state index contributed by atoms with van der Waals surface area (Å²) in [5.74, 6) is 0.834. The summed E-state index contributed by atoms with van der Waals surface area (Å²) in [6.07, 6.45) is -0.550. The van der Waals surface area contributed by atoms with E-state index in [1.807, 2.05) is 31.2 Å². The van der Waals surface area contributed by atoms with Crippen LogP contribution in [0.1, 0.15) is 5.56 Å². The predicted molar refractivity (Wildman–Crippen MR) is 54.9 cm³/mol. The molecule has 0 spiro atoms. The van der Waals surface area contributed by atoms with Gasteiger partial charge in [-0.1, -0.05) is 18.2 Å². The van der Waals surface area contributed by atoms with Crippen molar-refractivity contribution >= 4 is 6.09 Å².